The van der Waals surface area contributed by atoms with E-state index in [9.17, 15) is 95.6 Å². The fraction of sp³-hybridized carbons (Fsp3) is 0.800. The Bertz CT molecular complexity index is 4480. The molecule has 2 aromatic heterocycles. The van der Waals surface area contributed by atoms with Crippen LogP contribution in [0.2, 0.25) is 0 Å². The van der Waals surface area contributed by atoms with Crippen molar-refractivity contribution in [1.82, 2.24) is 49.6 Å². The van der Waals surface area contributed by atoms with Crippen LogP contribution in [0, 0.1) is 55.7 Å². The largest absolute Gasteiger partial charge is 0.480 e. The van der Waals surface area contributed by atoms with Crippen LogP contribution in [-0.4, -0.2) is 389 Å². The number of rotatable bonds is 30. The lowest BCUT2D eigenvalue weighted by Crippen LogP contribution is -2.61. The number of hydrogen-bond acceptors (Lipinski definition) is 38. The molecule has 6 aliphatic heterocycles. The lowest BCUT2D eigenvalue weighted by molar-refractivity contribution is -0.385. The number of nitro benzene ring substituents is 2. The zero-order chi connectivity index (χ0) is 108. The summed E-state index contributed by atoms with van der Waals surface area (Å²) in [6, 6.07) is 7.17. The van der Waals surface area contributed by atoms with Gasteiger partial charge in [0, 0.05) is 152 Å². The zero-order valence-electron chi connectivity index (χ0n) is 88.6. The van der Waals surface area contributed by atoms with Crippen molar-refractivity contribution in [3.05, 3.63) is 104 Å². The summed E-state index contributed by atoms with van der Waals surface area (Å²) in [6.07, 6.45) is -15.5. The van der Waals surface area contributed by atoms with Gasteiger partial charge in [0.25, 0.3) is 11.4 Å². The minimum Gasteiger partial charge on any atom is -0.480 e. The van der Waals surface area contributed by atoms with Gasteiger partial charge in [-0.2, -0.15) is 0 Å². The molecular formula is C100H165N13O31. The summed E-state index contributed by atoms with van der Waals surface area (Å²) in [5.74, 6) is -7.71. The molecule has 6 fully saturated rings. The first-order valence-corrected chi connectivity index (χ1v) is 50.4. The van der Waals surface area contributed by atoms with Crippen LogP contribution in [0.4, 0.5) is 11.4 Å². The minimum absolute atomic E-state index is 0.0126. The highest BCUT2D eigenvalue weighted by Gasteiger charge is 2.57. The molecule has 0 bridgehead atoms. The number of ether oxygens (including phenoxy) is 12. The zero-order valence-corrected chi connectivity index (χ0v) is 88.6. The average molecular weight is 2050 g/mol. The van der Waals surface area contributed by atoms with Gasteiger partial charge in [-0.25, -0.2) is 14.2 Å². The number of carbonyl (C=O) groups is 4. The van der Waals surface area contributed by atoms with Gasteiger partial charge in [0.2, 0.25) is 5.91 Å². The van der Waals surface area contributed by atoms with E-state index in [1.165, 1.54) is 73.8 Å². The van der Waals surface area contributed by atoms with Gasteiger partial charge in [0.15, 0.2) is 31.2 Å². The molecule has 144 heavy (non-hydrogen) atoms. The minimum atomic E-state index is -1.87. The number of non-ortho nitro benzene ring substituents is 2. The first-order valence-electron chi connectivity index (χ1n) is 50.4. The molecule has 4 aromatic rings. The topological polar surface area (TPSA) is 588 Å². The number of hydrogen-bond donors (Lipinski definition) is 12. The Kier molecular flexibility index (Phi) is 42.0. The molecule has 8 heterocycles. The number of aliphatic hydroxyl groups is 10. The van der Waals surface area contributed by atoms with Crippen LogP contribution in [0.5, 0.6) is 0 Å². The number of nitrogens with two attached hydrogens (primary N) is 1. The summed E-state index contributed by atoms with van der Waals surface area (Å²) in [5, 5.41) is 168. The lowest BCUT2D eigenvalue weighted by atomic mass is 9.77. The molecule has 2 aromatic carbocycles. The third kappa shape index (κ3) is 29.2. The summed E-state index contributed by atoms with van der Waals surface area (Å²) in [6.45, 7) is 36.0. The number of carbonyl (C=O) groups excluding carboxylic acids is 3. The third-order valence-corrected chi connectivity index (χ3v) is 31.2. The number of esters is 2. The number of nitro groups is 2. The monoisotopic (exact) mass is 2040 g/mol. The van der Waals surface area contributed by atoms with Gasteiger partial charge in [-0.05, 0) is 187 Å². The fourth-order valence-corrected chi connectivity index (χ4v) is 22.0. The molecule has 44 heteroatoms. The van der Waals surface area contributed by atoms with Crippen molar-refractivity contribution < 1.29 is 142 Å². The lowest BCUT2D eigenvalue weighted by Gasteiger charge is -2.49. The molecule has 0 unspecified atom stereocenters. The number of methoxy groups -OCH3 is 2. The van der Waals surface area contributed by atoms with E-state index in [-0.39, 0.29) is 74.6 Å². The van der Waals surface area contributed by atoms with Crippen molar-refractivity contribution >= 4 is 35.2 Å². The Hall–Kier alpha value is -7.56. The highest BCUT2D eigenvalue weighted by Crippen LogP contribution is 2.45. The Morgan fingerprint density at radius 1 is 0.528 bits per heavy atom. The number of likely N-dealkylation sites (N-methyl/N-ethyl adjacent to an activating group) is 4. The summed E-state index contributed by atoms with van der Waals surface area (Å²) in [7, 11) is 10.3. The Morgan fingerprint density at radius 3 is 1.19 bits per heavy atom. The van der Waals surface area contributed by atoms with Gasteiger partial charge in [-0.3, -0.25) is 34.6 Å². The maximum absolute atomic E-state index is 14.5. The maximum atomic E-state index is 14.5. The number of carboxylic acid groups (broad SMARTS) is 1. The van der Waals surface area contributed by atoms with E-state index in [4.69, 9.17) is 62.6 Å². The van der Waals surface area contributed by atoms with Gasteiger partial charge >= 0.3 is 17.9 Å². The highest BCUT2D eigenvalue weighted by molar-refractivity contribution is 5.78. The number of aromatic nitrogens is 6. The van der Waals surface area contributed by atoms with E-state index in [1.54, 1.807) is 121 Å². The molecule has 38 atom stereocenters. The first-order chi connectivity index (χ1) is 67.1. The predicted molar refractivity (Wildman–Crippen MR) is 522 cm³/mol. The highest BCUT2D eigenvalue weighted by atomic mass is 16.7. The molecule has 10 rings (SSSR count). The average Bonchev–Trinajstić information content (AvgIpc) is 0.774. The standard InChI is InChI=1S/C50H83N7O15.C50H82N6O16/c1-14-38-50(10,64)42(59)31(6)55(12)25-27(2)23-48(8,63)44(29(4)41(30(5)46(62)70-38)71-39-24-49(9,67-13)43(60)32(7)69-39)72-47-40(58)36(21-28(3)68-47)54(11)20-19-34-26-56(53-52-34)37(45(51)61)22-33-15-17-35(18-16-33)57(65)66;1-14-38-50(10,64)42(58)31(6)54(12)25-27(2)23-48(8,63)44(29(4)41(30(5)46(62)70-38)71-39-24-49(9,67-13)43(59)32(7)69-39)72-47-40(57)36(21-28(3)68-47)53(11)20-19-34-26-55(52-51-34)37(45(60)61)22-33-15-17-35(18-16-33)56(65)66/h15-18,26-32,36-44,47,58-60,63-64H,14,19-25H2,1-13H3,(H2,51,61);15-18,26-32,36-44,47,57-59,63-64H,14,19-25H2,1-13H3,(H,60,61)/t2*27-,28-,29+,30-,31-,32+,36+,37+,38-,39+,40-,41+,42-,43+,44-,47+,48-,49-,50-/m11/s1. The van der Waals surface area contributed by atoms with Gasteiger partial charge in [-0.1, -0.05) is 76.2 Å². The normalized spacial score (nSPS) is 39.4. The quantitative estimate of drug-likeness (QED) is 0.0182. The van der Waals surface area contributed by atoms with Gasteiger partial charge in [0.1, 0.15) is 66.1 Å². The molecular weight excluding hydrogens is 1880 g/mol. The van der Waals surface area contributed by atoms with Crippen molar-refractivity contribution in [2.45, 2.75) is 408 Å². The summed E-state index contributed by atoms with van der Waals surface area (Å²) < 4.78 is 78.9. The Balaban J connectivity index is 0.000000321. The molecule has 6 aliphatic rings. The smallest absolute Gasteiger partial charge is 0.328 e. The molecule has 0 saturated carbocycles. The molecule has 13 N–H and O–H groups in total. The van der Waals surface area contributed by atoms with Crippen molar-refractivity contribution in [1.29, 1.82) is 0 Å². The van der Waals surface area contributed by atoms with Crippen LogP contribution in [0.1, 0.15) is 224 Å². The van der Waals surface area contributed by atoms with Crippen LogP contribution < -0.4 is 5.73 Å². The maximum Gasteiger partial charge on any atom is 0.328 e. The Morgan fingerprint density at radius 2 is 0.868 bits per heavy atom. The third-order valence-electron chi connectivity index (χ3n) is 31.2. The van der Waals surface area contributed by atoms with Crippen molar-refractivity contribution in [2.75, 3.05) is 68.6 Å². The van der Waals surface area contributed by atoms with E-state index >= 15 is 0 Å². The van der Waals surface area contributed by atoms with E-state index in [1.807, 2.05) is 75.5 Å². The van der Waals surface area contributed by atoms with E-state index < -0.39 is 250 Å². The molecule has 44 nitrogen and oxygen atoms in total. The Labute approximate surface area is 844 Å². The number of carboxylic acids is 1. The molecule has 1 amide bonds. The van der Waals surface area contributed by atoms with Gasteiger partial charge < -0.3 is 138 Å². The fourth-order valence-electron chi connectivity index (χ4n) is 22.0. The van der Waals surface area contributed by atoms with Crippen LogP contribution in [0.3, 0.4) is 0 Å². The van der Waals surface area contributed by atoms with Crippen LogP contribution in [-0.2, 0) is 102 Å². The second-order valence-corrected chi connectivity index (χ2v) is 43.3. The number of benzene rings is 2. The second kappa shape index (κ2) is 50.4. The molecule has 6 saturated heterocycles. The number of aliphatic carboxylic acids is 1. The van der Waals surface area contributed by atoms with Crippen molar-refractivity contribution in [3.8, 4) is 0 Å². The first kappa shape index (κ1) is 120. The number of aliphatic hydroxyl groups excluding tert-OH is 6. The SMILES string of the molecule is CC[C@H]1OC(=O)[C@H](C)[C@@H](O[C@H]2C[C@@](C)(OC)[C@@H](O)[C@H](C)O2)[C@H](C)[C@@H](O[C@@H]2O[C@H](C)C[C@H](N(C)CCc3cn([C@@H](Cc4ccc([N+](=O)[O-])cc4)C(=O)O)nn3)[C@H]2O)[C@](C)(O)C[C@@H](C)CN(C)[C@H](C)[C@@H](O)[C@]1(C)O.CC[C@H]1OC(=O)[C@H](C)[C@@H](O[C@H]2C[C@@](C)(OC)[C@@H](O)[C@H](C)O2)[C@H](C)[C@@H](O[C@@H]2O[C@H](C)C[C@H](N(C)CCc3cn([C@@H](Cc4ccc([N+](=O)[O-])cc4)C(N)=O)nn3)[C@H]2O)[C@](C)(O)C[C@@H](C)CN(C)[C@H](C)[C@@H](O)[C@]1(C)O. The van der Waals surface area contributed by atoms with Gasteiger partial charge in [0.05, 0.1) is 104 Å². The molecule has 816 valence electrons. The van der Waals surface area contributed by atoms with E-state index in [0.29, 0.717) is 74.4 Å². The summed E-state index contributed by atoms with van der Waals surface area (Å²) in [4.78, 5) is 82.8. The van der Waals surface area contributed by atoms with Crippen LogP contribution in [0.15, 0.2) is 60.9 Å². The van der Waals surface area contributed by atoms with Gasteiger partial charge in [-0.15, -0.1) is 10.2 Å². The predicted octanol–water partition coefficient (Wildman–Crippen LogP) is 5.16. The molecule has 0 radical (unpaired) electrons. The second-order valence-electron chi connectivity index (χ2n) is 43.3. The number of nitrogens with zero attached hydrogens (tertiary/aromatic N) is 12. The summed E-state index contributed by atoms with van der Waals surface area (Å²) in [5.41, 5.74) is -1.44. The van der Waals surface area contributed by atoms with Crippen molar-refractivity contribution in [3.63, 3.8) is 0 Å². The number of cyclic esters (lactones) is 2. The molecule has 0 spiro atoms. The number of primary amides is 1. The van der Waals surface area contributed by atoms with E-state index in [2.05, 4.69) is 20.6 Å². The summed E-state index contributed by atoms with van der Waals surface area (Å²) >= 11 is 0. The van der Waals surface area contributed by atoms with E-state index in [0.717, 1.165) is 0 Å². The van der Waals surface area contributed by atoms with Crippen LogP contribution in [0.25, 0.3) is 0 Å². The molecule has 0 aliphatic carbocycles. The van der Waals surface area contributed by atoms with Crippen LogP contribution >= 0.6 is 0 Å². The van der Waals surface area contributed by atoms with Crippen molar-refractivity contribution in [2.24, 2.45) is 41.2 Å². The number of amides is 1.